The number of aromatic nitrogens is 2. The normalized spacial score (nSPS) is 19.1. The smallest absolute Gasteiger partial charge is 0.259 e. The molecule has 0 atom stereocenters. The van der Waals surface area contributed by atoms with Gasteiger partial charge in [0.15, 0.2) is 5.82 Å². The largest absolute Gasteiger partial charge is 0.369 e. The Bertz CT molecular complexity index is 1120. The van der Waals surface area contributed by atoms with Crippen LogP contribution in [0.5, 0.6) is 0 Å². The first kappa shape index (κ1) is 19.1. The van der Waals surface area contributed by atoms with E-state index in [0.29, 0.717) is 16.6 Å². The van der Waals surface area contributed by atoms with E-state index in [1.807, 2.05) is 32.0 Å². The molecule has 0 bridgehead atoms. The van der Waals surface area contributed by atoms with Gasteiger partial charge in [0.05, 0.1) is 33.7 Å². The molecule has 1 aromatic carbocycles. The minimum absolute atomic E-state index is 0.122. The number of benzene rings is 1. The van der Waals surface area contributed by atoms with Gasteiger partial charge in [-0.2, -0.15) is 0 Å². The third-order valence-electron chi connectivity index (χ3n) is 5.27. The molecule has 0 amide bonds. The highest BCUT2D eigenvalue weighted by molar-refractivity contribution is 6.11. The zero-order valence-electron chi connectivity index (χ0n) is 16.9. The van der Waals surface area contributed by atoms with Crippen LogP contribution in [-0.2, 0) is 0 Å². The molecule has 29 heavy (non-hydrogen) atoms. The van der Waals surface area contributed by atoms with Gasteiger partial charge in [0.1, 0.15) is 0 Å². The van der Waals surface area contributed by atoms with Crippen molar-refractivity contribution >= 4 is 28.0 Å². The Labute approximate surface area is 169 Å². The molecule has 150 valence electrons. The molecular weight excluding hydrogens is 366 g/mol. The van der Waals surface area contributed by atoms with Crippen LogP contribution in [0, 0.1) is 5.41 Å². The topological polar surface area (TPSA) is 100 Å². The molecule has 3 heterocycles. The van der Waals surface area contributed by atoms with Crippen molar-refractivity contribution in [2.75, 3.05) is 38.1 Å². The molecular formula is C21H25N7O. The van der Waals surface area contributed by atoms with Crippen molar-refractivity contribution in [3.05, 3.63) is 58.0 Å². The van der Waals surface area contributed by atoms with Crippen LogP contribution in [-0.4, -0.2) is 59.5 Å². The number of hydrogen-bond acceptors (Lipinski definition) is 7. The van der Waals surface area contributed by atoms with Gasteiger partial charge in [-0.15, -0.1) is 0 Å². The molecule has 8 heteroatoms. The van der Waals surface area contributed by atoms with E-state index >= 15 is 0 Å². The van der Waals surface area contributed by atoms with Crippen LogP contribution in [0.3, 0.4) is 0 Å². The maximum absolute atomic E-state index is 12.7. The summed E-state index contributed by atoms with van der Waals surface area (Å²) in [5.74, 6) is 0.239. The lowest BCUT2D eigenvalue weighted by Crippen LogP contribution is -2.44. The number of hydrogen-bond donors (Lipinski definition) is 3. The average molecular weight is 391 g/mol. The van der Waals surface area contributed by atoms with Crippen molar-refractivity contribution in [3.8, 4) is 0 Å². The van der Waals surface area contributed by atoms with Crippen molar-refractivity contribution in [1.29, 1.82) is 5.41 Å². The zero-order chi connectivity index (χ0) is 20.5. The standard InChI is InChI=1S/C21H25N7O/c1-13-12-23-19(14(2)24-13)11-17(22)20-25-18-5-4-15(10-16(18)21(29)26-20)28-8-6-27(3)7-9-28/h4-5,10-12,22-23H,6-9H2,1-3H3,(H,25,26,29)/b19-11-,22-17?. The number of fused-ring (bicyclic) bond motifs is 1. The van der Waals surface area contributed by atoms with Crippen LogP contribution in [0.15, 0.2) is 51.7 Å². The van der Waals surface area contributed by atoms with Crippen molar-refractivity contribution in [1.82, 2.24) is 20.2 Å². The monoisotopic (exact) mass is 391 g/mol. The summed E-state index contributed by atoms with van der Waals surface area (Å²) in [5, 5.41) is 12.0. The first-order valence-corrected chi connectivity index (χ1v) is 9.68. The number of aliphatic imine (C=N–C) groups is 1. The number of nitrogens with one attached hydrogen (secondary N) is 3. The van der Waals surface area contributed by atoms with Crippen LogP contribution in [0.25, 0.3) is 10.9 Å². The number of H-pyrrole nitrogens is 1. The summed E-state index contributed by atoms with van der Waals surface area (Å²) in [6, 6.07) is 5.75. The fourth-order valence-electron chi connectivity index (χ4n) is 3.52. The number of likely N-dealkylation sites (N-methyl/N-ethyl adjacent to an activating group) is 1. The van der Waals surface area contributed by atoms with Gasteiger partial charge in [-0.1, -0.05) is 0 Å². The molecule has 0 unspecified atom stereocenters. The molecule has 1 aromatic heterocycles. The summed E-state index contributed by atoms with van der Waals surface area (Å²) in [6.07, 6.45) is 3.41. The fraction of sp³-hybridized carbons (Fsp3) is 0.333. The van der Waals surface area contributed by atoms with Crippen LogP contribution in [0.1, 0.15) is 19.7 Å². The van der Waals surface area contributed by atoms with E-state index in [0.717, 1.165) is 43.3 Å². The number of allylic oxidation sites excluding steroid dienone is 3. The molecule has 0 spiro atoms. The van der Waals surface area contributed by atoms with Crippen molar-refractivity contribution in [2.24, 2.45) is 4.99 Å². The maximum atomic E-state index is 12.7. The Hall–Kier alpha value is -3.26. The van der Waals surface area contributed by atoms with Gasteiger partial charge in [-0.25, -0.2) is 4.98 Å². The van der Waals surface area contributed by atoms with Crippen molar-refractivity contribution in [3.63, 3.8) is 0 Å². The van der Waals surface area contributed by atoms with Crippen molar-refractivity contribution < 1.29 is 0 Å². The Balaban J connectivity index is 1.63. The lowest BCUT2D eigenvalue weighted by Gasteiger charge is -2.34. The molecule has 2 aliphatic heterocycles. The van der Waals surface area contributed by atoms with E-state index in [1.165, 1.54) is 0 Å². The van der Waals surface area contributed by atoms with E-state index in [-0.39, 0.29) is 17.1 Å². The van der Waals surface area contributed by atoms with E-state index in [2.05, 4.69) is 37.1 Å². The van der Waals surface area contributed by atoms with E-state index in [1.54, 1.807) is 12.3 Å². The van der Waals surface area contributed by atoms with E-state index in [9.17, 15) is 4.79 Å². The number of anilines is 1. The predicted molar refractivity (Wildman–Crippen MR) is 117 cm³/mol. The lowest BCUT2D eigenvalue weighted by atomic mass is 10.1. The van der Waals surface area contributed by atoms with Crippen LogP contribution < -0.4 is 15.8 Å². The third kappa shape index (κ3) is 3.97. The fourth-order valence-corrected chi connectivity index (χ4v) is 3.52. The number of rotatable bonds is 3. The van der Waals surface area contributed by atoms with E-state index in [4.69, 9.17) is 5.41 Å². The first-order chi connectivity index (χ1) is 13.9. The quantitative estimate of drug-likeness (QED) is 0.694. The highest BCUT2D eigenvalue weighted by Gasteiger charge is 2.16. The Kier molecular flexibility index (Phi) is 5.02. The summed E-state index contributed by atoms with van der Waals surface area (Å²) in [7, 11) is 2.12. The number of nitrogens with zero attached hydrogens (tertiary/aromatic N) is 4. The van der Waals surface area contributed by atoms with Crippen LogP contribution >= 0.6 is 0 Å². The minimum atomic E-state index is -0.234. The lowest BCUT2D eigenvalue weighted by molar-refractivity contribution is 0.313. The zero-order valence-corrected chi connectivity index (χ0v) is 16.9. The van der Waals surface area contributed by atoms with Crippen LogP contribution in [0.2, 0.25) is 0 Å². The van der Waals surface area contributed by atoms with Gasteiger partial charge < -0.3 is 20.1 Å². The summed E-state index contributed by atoms with van der Waals surface area (Å²) in [6.45, 7) is 7.65. The molecule has 0 aliphatic carbocycles. The second-order valence-corrected chi connectivity index (χ2v) is 7.51. The molecule has 0 radical (unpaired) electrons. The second kappa shape index (κ2) is 7.63. The number of aromatic amines is 1. The summed E-state index contributed by atoms with van der Waals surface area (Å²) in [4.78, 5) is 28.9. The molecule has 1 saturated heterocycles. The summed E-state index contributed by atoms with van der Waals surface area (Å²) >= 11 is 0. The van der Waals surface area contributed by atoms with Gasteiger partial charge in [0.2, 0.25) is 0 Å². The Morgan fingerprint density at radius 3 is 2.69 bits per heavy atom. The van der Waals surface area contributed by atoms with Gasteiger partial charge in [0.25, 0.3) is 5.56 Å². The maximum Gasteiger partial charge on any atom is 0.259 e. The van der Waals surface area contributed by atoms with Gasteiger partial charge >= 0.3 is 0 Å². The summed E-state index contributed by atoms with van der Waals surface area (Å²) < 4.78 is 0. The van der Waals surface area contributed by atoms with Gasteiger partial charge in [0, 0.05) is 38.1 Å². The SMILES string of the molecule is CC1=CN/C(=C\C(=N)c2nc3ccc(N4CCN(C)CC4)cc3c(=O)[nH]2)C(C)=N1. The molecule has 0 saturated carbocycles. The molecule has 2 aliphatic rings. The molecule has 4 rings (SSSR count). The average Bonchev–Trinajstić information content (AvgIpc) is 2.70. The molecule has 1 fully saturated rings. The third-order valence-corrected chi connectivity index (χ3v) is 5.27. The van der Waals surface area contributed by atoms with E-state index < -0.39 is 0 Å². The predicted octanol–water partition coefficient (Wildman–Crippen LogP) is 1.85. The van der Waals surface area contributed by atoms with Crippen LogP contribution in [0.4, 0.5) is 5.69 Å². The molecule has 3 N–H and O–H groups in total. The Morgan fingerprint density at radius 1 is 1.21 bits per heavy atom. The molecule has 8 nitrogen and oxygen atoms in total. The number of piperazine rings is 1. The second-order valence-electron chi connectivity index (χ2n) is 7.51. The highest BCUT2D eigenvalue weighted by Crippen LogP contribution is 2.20. The first-order valence-electron chi connectivity index (χ1n) is 9.68. The molecule has 2 aromatic rings. The highest BCUT2D eigenvalue weighted by atomic mass is 16.1. The Morgan fingerprint density at radius 2 is 1.97 bits per heavy atom. The minimum Gasteiger partial charge on any atom is -0.369 e. The van der Waals surface area contributed by atoms with Gasteiger partial charge in [-0.3, -0.25) is 15.2 Å². The van der Waals surface area contributed by atoms with Crippen molar-refractivity contribution in [2.45, 2.75) is 13.8 Å². The summed E-state index contributed by atoms with van der Waals surface area (Å²) in [5.41, 5.74) is 3.88. The van der Waals surface area contributed by atoms with Gasteiger partial charge in [-0.05, 0) is 45.2 Å².